The summed E-state index contributed by atoms with van der Waals surface area (Å²) in [5, 5.41) is 12.4. The van der Waals surface area contributed by atoms with E-state index in [-0.39, 0.29) is 6.42 Å². The molecule has 0 fully saturated rings. The molecule has 1 unspecified atom stereocenters. The van der Waals surface area contributed by atoms with Gasteiger partial charge in [0.15, 0.2) is 11.5 Å². The van der Waals surface area contributed by atoms with Crippen molar-refractivity contribution in [3.63, 3.8) is 0 Å². The summed E-state index contributed by atoms with van der Waals surface area (Å²) in [7, 11) is 3.05. The molecule has 2 amide bonds. The summed E-state index contributed by atoms with van der Waals surface area (Å²) in [5.74, 6) is 1.21. The normalized spacial score (nSPS) is 14.8. The number of carboxylic acids is 1. The van der Waals surface area contributed by atoms with E-state index < -0.39 is 18.0 Å². The molecule has 0 bridgehead atoms. The van der Waals surface area contributed by atoms with E-state index in [1.165, 1.54) is 14.2 Å². The van der Waals surface area contributed by atoms with Crippen LogP contribution in [0.2, 0.25) is 0 Å². The molecule has 33 heavy (non-hydrogen) atoms. The number of hydrogen-bond acceptors (Lipinski definition) is 6. The Bertz CT molecular complexity index is 986. The number of aliphatic carboxylic acids is 1. The third-order valence-electron chi connectivity index (χ3n) is 5.39. The first kappa shape index (κ1) is 24.0. The molecule has 1 heterocycles. The molecule has 178 valence electrons. The molecule has 0 radical (unpaired) electrons. The molecule has 1 atom stereocenters. The molecule has 9 heteroatoms. The number of carboxylic acid groups (broad SMARTS) is 1. The number of nitrogens with one attached hydrogen (secondary N) is 1. The summed E-state index contributed by atoms with van der Waals surface area (Å²) in [6, 6.07) is 7.66. The van der Waals surface area contributed by atoms with Crippen LogP contribution in [0.5, 0.6) is 23.0 Å². The van der Waals surface area contributed by atoms with Crippen molar-refractivity contribution in [2.24, 2.45) is 0 Å². The number of benzene rings is 2. The predicted molar refractivity (Wildman–Crippen MR) is 123 cm³/mol. The zero-order chi connectivity index (χ0) is 24.0. The molecule has 1 aliphatic rings. The molecule has 0 saturated carbocycles. The Labute approximate surface area is 193 Å². The largest absolute Gasteiger partial charge is 0.497 e. The van der Waals surface area contributed by atoms with Crippen LogP contribution in [0.3, 0.4) is 0 Å². The Kier molecular flexibility index (Phi) is 7.87. The summed E-state index contributed by atoms with van der Waals surface area (Å²) in [5.41, 5.74) is 2.17. The zero-order valence-corrected chi connectivity index (χ0v) is 19.3. The molecule has 2 aromatic rings. The van der Waals surface area contributed by atoms with E-state index in [4.69, 9.17) is 18.9 Å². The van der Waals surface area contributed by atoms with Gasteiger partial charge in [0.25, 0.3) is 0 Å². The summed E-state index contributed by atoms with van der Waals surface area (Å²) >= 11 is 0. The third-order valence-corrected chi connectivity index (χ3v) is 5.39. The maximum atomic E-state index is 13.2. The van der Waals surface area contributed by atoms with E-state index in [0.717, 1.165) is 11.1 Å². The van der Waals surface area contributed by atoms with E-state index in [1.807, 2.05) is 19.9 Å². The molecular weight excluding hydrogens is 428 g/mol. The fourth-order valence-electron chi connectivity index (χ4n) is 3.95. The van der Waals surface area contributed by atoms with Gasteiger partial charge in [-0.15, -0.1) is 0 Å². The number of fused-ring (bicyclic) bond motifs is 1. The van der Waals surface area contributed by atoms with Crippen molar-refractivity contribution in [2.75, 3.05) is 39.3 Å². The highest BCUT2D eigenvalue weighted by Gasteiger charge is 2.34. The number of carbonyl (C=O) groups excluding carboxylic acids is 1. The second-order valence-electron chi connectivity index (χ2n) is 7.45. The van der Waals surface area contributed by atoms with Gasteiger partial charge in [0.1, 0.15) is 11.5 Å². The Balaban J connectivity index is 1.94. The molecule has 1 aliphatic heterocycles. The van der Waals surface area contributed by atoms with Crippen molar-refractivity contribution >= 4 is 17.7 Å². The Morgan fingerprint density at radius 2 is 1.61 bits per heavy atom. The molecule has 0 saturated heterocycles. The first-order valence-electron chi connectivity index (χ1n) is 10.8. The minimum absolute atomic E-state index is 0.235. The van der Waals surface area contributed by atoms with Crippen LogP contribution < -0.4 is 24.3 Å². The number of nitrogens with zero attached hydrogens (tertiary/aromatic N) is 1. The highest BCUT2D eigenvalue weighted by atomic mass is 16.5. The fraction of sp³-hybridized carbons (Fsp3) is 0.417. The maximum Gasteiger partial charge on any atom is 0.322 e. The lowest BCUT2D eigenvalue weighted by Gasteiger charge is -2.37. The van der Waals surface area contributed by atoms with Crippen LogP contribution in [0, 0.1) is 0 Å². The second-order valence-corrected chi connectivity index (χ2v) is 7.45. The topological polar surface area (TPSA) is 107 Å². The zero-order valence-electron chi connectivity index (χ0n) is 19.3. The van der Waals surface area contributed by atoms with Gasteiger partial charge in [-0.05, 0) is 43.5 Å². The summed E-state index contributed by atoms with van der Waals surface area (Å²) in [6.07, 6.45) is 0.328. The number of carbonyl (C=O) groups is 2. The predicted octanol–water partition coefficient (Wildman–Crippen LogP) is 4.11. The fourth-order valence-corrected chi connectivity index (χ4v) is 3.95. The van der Waals surface area contributed by atoms with E-state index in [9.17, 15) is 14.7 Å². The number of hydrogen-bond donors (Lipinski definition) is 2. The minimum atomic E-state index is -0.999. The summed E-state index contributed by atoms with van der Waals surface area (Å²) < 4.78 is 22.0. The Morgan fingerprint density at radius 3 is 2.15 bits per heavy atom. The minimum Gasteiger partial charge on any atom is -0.497 e. The standard InChI is InChI=1S/C24H30N2O7/c1-5-32-21-9-15-7-8-26(20(14-23(27)28)19(15)13-22(21)33-6-2)24(29)25-16-10-17(30-3)12-18(11-16)31-4/h9-13,20H,5-8,14H2,1-4H3,(H,25,29)(H,27,28). The number of amides is 2. The summed E-state index contributed by atoms with van der Waals surface area (Å²) in [6.45, 7) is 5.03. The van der Waals surface area contributed by atoms with Gasteiger partial charge >= 0.3 is 12.0 Å². The smallest absolute Gasteiger partial charge is 0.322 e. The second kappa shape index (κ2) is 10.8. The van der Waals surface area contributed by atoms with Crippen molar-refractivity contribution in [1.82, 2.24) is 4.90 Å². The SMILES string of the molecule is CCOc1cc2c(cc1OCC)C(CC(=O)O)N(C(=O)Nc1cc(OC)cc(OC)c1)CC2. The van der Waals surface area contributed by atoms with Crippen LogP contribution in [-0.4, -0.2) is 56.0 Å². The lowest BCUT2D eigenvalue weighted by Crippen LogP contribution is -2.43. The number of ether oxygens (including phenoxy) is 4. The van der Waals surface area contributed by atoms with Crippen molar-refractivity contribution < 1.29 is 33.6 Å². The van der Waals surface area contributed by atoms with Gasteiger partial charge in [0, 0.05) is 30.4 Å². The molecule has 2 aromatic carbocycles. The first-order valence-corrected chi connectivity index (χ1v) is 10.8. The summed E-state index contributed by atoms with van der Waals surface area (Å²) in [4.78, 5) is 26.5. The lowest BCUT2D eigenvalue weighted by atomic mass is 9.90. The van der Waals surface area contributed by atoms with Crippen molar-refractivity contribution in [3.05, 3.63) is 41.5 Å². The van der Waals surface area contributed by atoms with Gasteiger partial charge in [-0.3, -0.25) is 4.79 Å². The average molecular weight is 459 g/mol. The van der Waals surface area contributed by atoms with Gasteiger partial charge in [-0.25, -0.2) is 4.79 Å². The van der Waals surface area contributed by atoms with Crippen molar-refractivity contribution in [3.8, 4) is 23.0 Å². The Morgan fingerprint density at radius 1 is 1.00 bits per heavy atom. The van der Waals surface area contributed by atoms with Crippen LogP contribution >= 0.6 is 0 Å². The van der Waals surface area contributed by atoms with E-state index in [2.05, 4.69) is 5.32 Å². The van der Waals surface area contributed by atoms with Gasteiger partial charge < -0.3 is 34.3 Å². The highest BCUT2D eigenvalue weighted by molar-refractivity contribution is 5.90. The number of urea groups is 1. The number of anilines is 1. The molecule has 0 spiro atoms. The quantitative estimate of drug-likeness (QED) is 0.582. The van der Waals surface area contributed by atoms with Gasteiger partial charge in [-0.2, -0.15) is 0 Å². The van der Waals surface area contributed by atoms with Gasteiger partial charge in [0.2, 0.25) is 0 Å². The van der Waals surface area contributed by atoms with Crippen molar-refractivity contribution in [1.29, 1.82) is 0 Å². The third kappa shape index (κ3) is 5.60. The lowest BCUT2D eigenvalue weighted by molar-refractivity contribution is -0.138. The van der Waals surface area contributed by atoms with Crippen LogP contribution in [0.4, 0.5) is 10.5 Å². The van der Waals surface area contributed by atoms with Crippen LogP contribution in [-0.2, 0) is 11.2 Å². The van der Waals surface area contributed by atoms with Crippen LogP contribution in [0.1, 0.15) is 37.4 Å². The first-order chi connectivity index (χ1) is 15.9. The van der Waals surface area contributed by atoms with Crippen LogP contribution in [0.15, 0.2) is 30.3 Å². The maximum absolute atomic E-state index is 13.2. The number of rotatable bonds is 9. The van der Waals surface area contributed by atoms with Crippen LogP contribution in [0.25, 0.3) is 0 Å². The average Bonchev–Trinajstić information content (AvgIpc) is 2.79. The molecule has 2 N–H and O–H groups in total. The number of methoxy groups -OCH3 is 2. The molecule has 0 aliphatic carbocycles. The van der Waals surface area contributed by atoms with E-state index in [0.29, 0.717) is 54.9 Å². The monoisotopic (exact) mass is 458 g/mol. The molecule has 0 aromatic heterocycles. The van der Waals surface area contributed by atoms with Crippen molar-refractivity contribution in [2.45, 2.75) is 32.7 Å². The van der Waals surface area contributed by atoms with E-state index in [1.54, 1.807) is 29.2 Å². The molecular formula is C24H30N2O7. The Hall–Kier alpha value is -3.62. The van der Waals surface area contributed by atoms with E-state index >= 15 is 0 Å². The van der Waals surface area contributed by atoms with Gasteiger partial charge in [0.05, 0.1) is 39.9 Å². The molecule has 3 rings (SSSR count). The van der Waals surface area contributed by atoms with Gasteiger partial charge in [-0.1, -0.05) is 0 Å². The molecule has 9 nitrogen and oxygen atoms in total. The highest BCUT2D eigenvalue weighted by Crippen LogP contribution is 2.40.